The molecule has 0 fully saturated rings. The molecule has 0 saturated carbocycles. The van der Waals surface area contributed by atoms with E-state index in [-0.39, 0.29) is 5.91 Å². The molecule has 80 valence electrons. The smallest absolute Gasteiger partial charge is 0.248 e. The number of amides is 1. The molecular formula is C11H14N2O2. The van der Waals surface area contributed by atoms with E-state index in [4.69, 9.17) is 4.74 Å². The molecule has 1 aromatic rings. The van der Waals surface area contributed by atoms with Crippen molar-refractivity contribution in [3.05, 3.63) is 30.0 Å². The lowest BCUT2D eigenvalue weighted by atomic mass is 10.3. The fourth-order valence-electron chi connectivity index (χ4n) is 1.08. The fourth-order valence-corrected chi connectivity index (χ4v) is 1.08. The first-order valence-electron chi connectivity index (χ1n) is 4.58. The summed E-state index contributed by atoms with van der Waals surface area (Å²) in [4.78, 5) is 15.4. The van der Waals surface area contributed by atoms with Crippen molar-refractivity contribution in [1.82, 2.24) is 4.98 Å². The van der Waals surface area contributed by atoms with Crippen molar-refractivity contribution >= 4 is 11.6 Å². The highest BCUT2D eigenvalue weighted by Crippen LogP contribution is 2.19. The van der Waals surface area contributed by atoms with Crippen LogP contribution in [0.3, 0.4) is 0 Å². The quantitative estimate of drug-likeness (QED) is 0.769. The Labute approximate surface area is 89.0 Å². The lowest BCUT2D eigenvalue weighted by molar-refractivity contribution is -0.112. The van der Waals surface area contributed by atoms with Crippen LogP contribution in [0, 0.1) is 0 Å². The molecular weight excluding hydrogens is 192 g/mol. The number of rotatable bonds is 3. The zero-order valence-corrected chi connectivity index (χ0v) is 9.07. The molecule has 1 N–H and O–H groups in total. The second kappa shape index (κ2) is 5.14. The Kier molecular flexibility index (Phi) is 3.85. The minimum Gasteiger partial charge on any atom is -0.480 e. The summed E-state index contributed by atoms with van der Waals surface area (Å²) >= 11 is 0. The van der Waals surface area contributed by atoms with Gasteiger partial charge in [-0.05, 0) is 26.0 Å². The third-order valence-corrected chi connectivity index (χ3v) is 1.64. The summed E-state index contributed by atoms with van der Waals surface area (Å²) in [7, 11) is 1.51. The molecule has 15 heavy (non-hydrogen) atoms. The molecule has 1 aromatic heterocycles. The highest BCUT2D eigenvalue weighted by atomic mass is 16.5. The minimum atomic E-state index is -0.179. The second-order valence-corrected chi connectivity index (χ2v) is 3.27. The van der Waals surface area contributed by atoms with E-state index in [1.54, 1.807) is 18.3 Å². The molecule has 1 rings (SSSR count). The number of anilines is 1. The van der Waals surface area contributed by atoms with Crippen molar-refractivity contribution in [3.63, 3.8) is 0 Å². The van der Waals surface area contributed by atoms with E-state index in [2.05, 4.69) is 10.3 Å². The summed E-state index contributed by atoms with van der Waals surface area (Å²) in [5.41, 5.74) is 1.51. The van der Waals surface area contributed by atoms with Crippen LogP contribution >= 0.6 is 0 Å². The largest absolute Gasteiger partial charge is 0.480 e. The summed E-state index contributed by atoms with van der Waals surface area (Å²) < 4.78 is 5.00. The second-order valence-electron chi connectivity index (χ2n) is 3.27. The molecule has 4 nitrogen and oxygen atoms in total. The minimum absolute atomic E-state index is 0.179. The number of allylic oxidation sites excluding steroid dienone is 1. The third kappa shape index (κ3) is 3.42. The van der Waals surface area contributed by atoms with Crippen LogP contribution in [0.1, 0.15) is 13.8 Å². The fraction of sp³-hybridized carbons (Fsp3) is 0.273. The van der Waals surface area contributed by atoms with Crippen LogP contribution in [0.4, 0.5) is 5.69 Å². The monoisotopic (exact) mass is 206 g/mol. The van der Waals surface area contributed by atoms with Crippen LogP contribution in [0.5, 0.6) is 5.88 Å². The molecule has 1 amide bonds. The Hall–Kier alpha value is -1.84. The molecule has 0 bridgehead atoms. The average Bonchev–Trinajstić information content (AvgIpc) is 2.17. The number of nitrogens with one attached hydrogen (secondary N) is 1. The number of carbonyl (C=O) groups excluding carboxylic acids is 1. The molecule has 0 aromatic carbocycles. The Balaban J connectivity index is 2.80. The maximum Gasteiger partial charge on any atom is 0.248 e. The number of carbonyl (C=O) groups is 1. The van der Waals surface area contributed by atoms with E-state index >= 15 is 0 Å². The lowest BCUT2D eigenvalue weighted by Crippen LogP contribution is -2.09. The van der Waals surface area contributed by atoms with E-state index < -0.39 is 0 Å². The van der Waals surface area contributed by atoms with Gasteiger partial charge in [0.25, 0.3) is 0 Å². The van der Waals surface area contributed by atoms with Crippen molar-refractivity contribution in [2.75, 3.05) is 12.4 Å². The maximum absolute atomic E-state index is 11.4. The van der Waals surface area contributed by atoms with Crippen LogP contribution in [0.15, 0.2) is 30.0 Å². The summed E-state index contributed by atoms with van der Waals surface area (Å²) in [6.07, 6.45) is 3.13. The van der Waals surface area contributed by atoms with Gasteiger partial charge >= 0.3 is 0 Å². The summed E-state index contributed by atoms with van der Waals surface area (Å²) in [5.74, 6) is 0.231. The summed E-state index contributed by atoms with van der Waals surface area (Å²) in [6.45, 7) is 3.72. The van der Waals surface area contributed by atoms with Crippen molar-refractivity contribution < 1.29 is 9.53 Å². The van der Waals surface area contributed by atoms with Gasteiger partial charge in [0, 0.05) is 12.3 Å². The molecule has 0 saturated heterocycles. The van der Waals surface area contributed by atoms with Crippen LogP contribution in [0.2, 0.25) is 0 Å². The van der Waals surface area contributed by atoms with Crippen molar-refractivity contribution in [3.8, 4) is 5.88 Å². The number of pyridine rings is 1. The summed E-state index contributed by atoms with van der Waals surface area (Å²) in [6, 6.07) is 3.48. The van der Waals surface area contributed by atoms with Gasteiger partial charge in [-0.2, -0.15) is 0 Å². The first kappa shape index (κ1) is 11.2. The van der Waals surface area contributed by atoms with Gasteiger partial charge in [-0.3, -0.25) is 4.79 Å². The van der Waals surface area contributed by atoms with Gasteiger partial charge in [0.15, 0.2) is 0 Å². The molecule has 0 atom stereocenters. The van der Waals surface area contributed by atoms with Crippen LogP contribution < -0.4 is 10.1 Å². The molecule has 4 heteroatoms. The number of hydrogen-bond donors (Lipinski definition) is 1. The standard InChI is InChI=1S/C11H14N2O2/c1-8(2)7-10(14)13-9-5-4-6-12-11(9)15-3/h4-7H,1-3H3,(H,13,14). The van der Waals surface area contributed by atoms with E-state index in [1.807, 2.05) is 13.8 Å². The first-order valence-corrected chi connectivity index (χ1v) is 4.58. The number of ether oxygens (including phenoxy) is 1. The Morgan fingerprint density at radius 1 is 1.53 bits per heavy atom. The van der Waals surface area contributed by atoms with Gasteiger partial charge in [0.2, 0.25) is 11.8 Å². The molecule has 0 unspecified atom stereocenters. The SMILES string of the molecule is COc1ncccc1NC(=O)C=C(C)C. The van der Waals surface area contributed by atoms with E-state index in [1.165, 1.54) is 13.2 Å². The van der Waals surface area contributed by atoms with Gasteiger partial charge in [0.1, 0.15) is 5.69 Å². The van der Waals surface area contributed by atoms with Crippen molar-refractivity contribution in [2.45, 2.75) is 13.8 Å². The number of nitrogens with zero attached hydrogens (tertiary/aromatic N) is 1. The zero-order chi connectivity index (χ0) is 11.3. The first-order chi connectivity index (χ1) is 7.13. The number of aromatic nitrogens is 1. The lowest BCUT2D eigenvalue weighted by Gasteiger charge is -2.06. The normalized spacial score (nSPS) is 9.27. The van der Waals surface area contributed by atoms with Crippen LogP contribution in [-0.4, -0.2) is 18.0 Å². The Morgan fingerprint density at radius 3 is 2.87 bits per heavy atom. The predicted molar refractivity (Wildman–Crippen MR) is 58.8 cm³/mol. The highest BCUT2D eigenvalue weighted by Gasteiger charge is 2.05. The highest BCUT2D eigenvalue weighted by molar-refractivity contribution is 6.00. The Morgan fingerprint density at radius 2 is 2.27 bits per heavy atom. The van der Waals surface area contributed by atoms with Gasteiger partial charge in [-0.15, -0.1) is 0 Å². The van der Waals surface area contributed by atoms with Crippen molar-refractivity contribution in [1.29, 1.82) is 0 Å². The van der Waals surface area contributed by atoms with E-state index in [9.17, 15) is 4.79 Å². The maximum atomic E-state index is 11.4. The predicted octanol–water partition coefficient (Wildman–Crippen LogP) is 1.99. The molecule has 0 aliphatic rings. The van der Waals surface area contributed by atoms with Gasteiger partial charge < -0.3 is 10.1 Å². The molecule has 0 radical (unpaired) electrons. The summed E-state index contributed by atoms with van der Waals surface area (Å²) in [5, 5.41) is 2.69. The van der Waals surface area contributed by atoms with E-state index in [0.717, 1.165) is 5.57 Å². The number of hydrogen-bond acceptors (Lipinski definition) is 3. The topological polar surface area (TPSA) is 51.2 Å². The zero-order valence-electron chi connectivity index (χ0n) is 9.07. The number of methoxy groups -OCH3 is 1. The molecule has 0 spiro atoms. The van der Waals surface area contributed by atoms with Gasteiger partial charge in [-0.1, -0.05) is 5.57 Å². The van der Waals surface area contributed by atoms with Crippen LogP contribution in [0.25, 0.3) is 0 Å². The van der Waals surface area contributed by atoms with Crippen LogP contribution in [-0.2, 0) is 4.79 Å². The Bertz CT molecular complexity index is 382. The van der Waals surface area contributed by atoms with Crippen molar-refractivity contribution in [2.24, 2.45) is 0 Å². The average molecular weight is 206 g/mol. The van der Waals surface area contributed by atoms with Gasteiger partial charge in [0.05, 0.1) is 7.11 Å². The molecule has 0 aliphatic carbocycles. The van der Waals surface area contributed by atoms with E-state index in [0.29, 0.717) is 11.6 Å². The third-order valence-electron chi connectivity index (χ3n) is 1.64. The molecule has 1 heterocycles. The molecule has 0 aliphatic heterocycles. The van der Waals surface area contributed by atoms with Gasteiger partial charge in [-0.25, -0.2) is 4.98 Å².